The number of aliphatic hydroxyl groups is 1. The Morgan fingerprint density at radius 3 is 1.63 bits per heavy atom. The van der Waals surface area contributed by atoms with Gasteiger partial charge in [-0.3, -0.25) is 9.59 Å². The van der Waals surface area contributed by atoms with E-state index in [1.165, 1.54) is 17.2 Å². The number of nitrogens with zero attached hydrogens (tertiary/aromatic N) is 6. The standard InChI is InChI=1S/C22H22BrFN4O2.C21H23FN4O3.CH4/c1-3-22(11-12-23)14(2)18(24)19(30-22)16-9-10-17-20(25-13-26-28(16)17)27-21(29)15-7-5-4-6-8-15;1-3-21(11-27)13(2)17(22)18(29-21)15-9-10-16-19(23-12-24-26(15)16)25-20(28)14-7-5-4-6-8-14;/h4-14,18-19H,3H2,1-2H3,(H,25,26,27,29);4-10,12-13,17-18,27H,3,11H2,1-2H3,(H,23,24,25,28);1H4/b12-11+;;/t14-,18+,19-,22-;13-,17+,18-,21-;/m00./s1. The van der Waals surface area contributed by atoms with E-state index in [0.717, 1.165) is 0 Å². The summed E-state index contributed by atoms with van der Waals surface area (Å²) in [6.07, 6.45) is 1.51. The maximum Gasteiger partial charge on any atom is 0.256 e. The molecule has 2 aliphatic rings. The first-order valence-electron chi connectivity index (χ1n) is 19.4. The number of carbonyl (C=O) groups is 2. The Labute approximate surface area is 355 Å². The minimum atomic E-state index is -1.29. The van der Waals surface area contributed by atoms with E-state index >= 15 is 8.78 Å². The summed E-state index contributed by atoms with van der Waals surface area (Å²) in [5, 5.41) is 23.9. The van der Waals surface area contributed by atoms with E-state index in [1.54, 1.807) is 89.2 Å². The SMILES string of the molecule is C.CC[C@@]1(/C=C/Br)O[C@@H](c2ccc3c(NC(=O)c4ccccc4)ncnn23)[C@H](F)[C@@H]1C.CC[C@@]1(CO)O[C@@H](c2ccc3c(NC(=O)c4ccccc4)ncnn23)[C@H](F)[C@@H]1C. The zero-order valence-corrected chi connectivity index (χ0v) is 34.5. The second-order valence-corrected chi connectivity index (χ2v) is 15.2. The molecule has 0 saturated carbocycles. The molecule has 2 aromatic carbocycles. The maximum absolute atomic E-state index is 15.3. The number of nitrogens with one attached hydrogen (secondary N) is 2. The molecule has 0 unspecified atom stereocenters. The van der Waals surface area contributed by atoms with E-state index in [2.05, 4.69) is 46.7 Å². The van der Waals surface area contributed by atoms with Gasteiger partial charge < -0.3 is 25.2 Å². The minimum absolute atomic E-state index is 0. The lowest BCUT2D eigenvalue weighted by Gasteiger charge is -2.29. The third kappa shape index (κ3) is 8.08. The van der Waals surface area contributed by atoms with Gasteiger partial charge in [0.25, 0.3) is 11.8 Å². The summed E-state index contributed by atoms with van der Waals surface area (Å²) in [5.41, 5.74) is 1.61. The Kier molecular flexibility index (Phi) is 13.6. The van der Waals surface area contributed by atoms with Crippen molar-refractivity contribution in [3.05, 3.63) is 131 Å². The number of amides is 2. The molecule has 316 valence electrons. The van der Waals surface area contributed by atoms with Gasteiger partial charge in [-0.25, -0.2) is 27.8 Å². The van der Waals surface area contributed by atoms with Gasteiger partial charge >= 0.3 is 0 Å². The molecule has 2 amide bonds. The summed E-state index contributed by atoms with van der Waals surface area (Å²) >= 11 is 3.29. The van der Waals surface area contributed by atoms with Gasteiger partial charge in [0.05, 0.1) is 29.2 Å². The topological polar surface area (TPSA) is 157 Å². The minimum Gasteiger partial charge on any atom is -0.393 e. The Morgan fingerprint density at radius 2 is 1.22 bits per heavy atom. The van der Waals surface area contributed by atoms with E-state index in [9.17, 15) is 14.7 Å². The van der Waals surface area contributed by atoms with Crippen LogP contribution < -0.4 is 10.6 Å². The number of carbonyl (C=O) groups excluding carboxylic acids is 2. The molecule has 8 atom stereocenters. The zero-order chi connectivity index (χ0) is 41.9. The van der Waals surface area contributed by atoms with Crippen LogP contribution in [0.1, 0.15) is 92.3 Å². The number of hydrogen-bond acceptors (Lipinski definition) is 9. The molecular formula is C44H49BrF2N8O5. The first-order chi connectivity index (χ1) is 28.5. The van der Waals surface area contributed by atoms with Crippen molar-refractivity contribution in [2.45, 2.75) is 83.7 Å². The van der Waals surface area contributed by atoms with Crippen LogP contribution in [0.2, 0.25) is 0 Å². The monoisotopic (exact) mass is 886 g/mol. The van der Waals surface area contributed by atoms with E-state index in [4.69, 9.17) is 9.47 Å². The van der Waals surface area contributed by atoms with Crippen molar-refractivity contribution >= 4 is 50.4 Å². The fourth-order valence-electron chi connectivity index (χ4n) is 7.95. The largest absolute Gasteiger partial charge is 0.393 e. The zero-order valence-electron chi connectivity index (χ0n) is 32.9. The van der Waals surface area contributed by atoms with Gasteiger partial charge in [0.2, 0.25) is 0 Å². The smallest absolute Gasteiger partial charge is 0.256 e. The highest BCUT2D eigenvalue weighted by Crippen LogP contribution is 2.49. The van der Waals surface area contributed by atoms with Gasteiger partial charge in [-0.05, 0) is 72.4 Å². The molecule has 6 aromatic rings. The number of rotatable bonds is 10. The number of alkyl halides is 2. The van der Waals surface area contributed by atoms with Crippen molar-refractivity contribution in [2.24, 2.45) is 11.8 Å². The summed E-state index contributed by atoms with van der Waals surface area (Å²) in [6, 6.07) is 24.7. The number of fused-ring (bicyclic) bond motifs is 2. The fourth-order valence-corrected chi connectivity index (χ4v) is 8.40. The maximum atomic E-state index is 15.3. The van der Waals surface area contributed by atoms with Gasteiger partial charge in [-0.2, -0.15) is 10.2 Å². The average Bonchev–Trinajstić information content (AvgIpc) is 4.02. The number of hydrogen-bond donors (Lipinski definition) is 3. The highest BCUT2D eigenvalue weighted by Gasteiger charge is 2.54. The number of ether oxygens (including phenoxy) is 2. The van der Waals surface area contributed by atoms with Crippen LogP contribution in [-0.4, -0.2) is 76.3 Å². The molecule has 0 spiro atoms. The second-order valence-electron chi connectivity index (χ2n) is 14.7. The van der Waals surface area contributed by atoms with Crippen LogP contribution in [-0.2, 0) is 9.47 Å². The molecule has 13 nitrogen and oxygen atoms in total. The quantitative estimate of drug-likeness (QED) is 0.122. The predicted molar refractivity (Wildman–Crippen MR) is 228 cm³/mol. The van der Waals surface area contributed by atoms with Crippen molar-refractivity contribution < 1.29 is 33.0 Å². The van der Waals surface area contributed by atoms with Gasteiger partial charge in [0.15, 0.2) is 11.6 Å². The van der Waals surface area contributed by atoms with E-state index in [1.807, 2.05) is 39.0 Å². The van der Waals surface area contributed by atoms with Crippen molar-refractivity contribution in [3.8, 4) is 0 Å². The van der Waals surface area contributed by atoms with Crippen LogP contribution in [0.3, 0.4) is 0 Å². The lowest BCUT2D eigenvalue weighted by Crippen LogP contribution is -2.39. The molecule has 6 heterocycles. The van der Waals surface area contributed by atoms with Crippen LogP contribution >= 0.6 is 15.9 Å². The van der Waals surface area contributed by atoms with Crippen molar-refractivity contribution in [1.82, 2.24) is 29.2 Å². The molecule has 2 aliphatic heterocycles. The van der Waals surface area contributed by atoms with E-state index in [0.29, 0.717) is 58.0 Å². The number of aliphatic hydroxyl groups excluding tert-OH is 1. The van der Waals surface area contributed by atoms with Crippen molar-refractivity contribution in [2.75, 3.05) is 17.2 Å². The number of aromatic nitrogens is 6. The molecule has 8 rings (SSSR count). The lowest BCUT2D eigenvalue weighted by atomic mass is 9.85. The molecule has 4 aromatic heterocycles. The highest BCUT2D eigenvalue weighted by molar-refractivity contribution is 9.11. The van der Waals surface area contributed by atoms with Gasteiger partial charge in [0, 0.05) is 23.0 Å². The summed E-state index contributed by atoms with van der Waals surface area (Å²) in [6.45, 7) is 7.21. The van der Waals surface area contributed by atoms with Gasteiger partial charge in [-0.1, -0.05) is 87.4 Å². The third-order valence-electron chi connectivity index (χ3n) is 11.7. The highest BCUT2D eigenvalue weighted by atomic mass is 79.9. The normalized spacial score (nSPS) is 26.1. The summed E-state index contributed by atoms with van der Waals surface area (Å²) in [4.78, 5) is 35.1. The molecule has 60 heavy (non-hydrogen) atoms. The van der Waals surface area contributed by atoms with E-state index in [-0.39, 0.29) is 31.8 Å². The fraction of sp³-hybridized carbons (Fsp3) is 0.364. The van der Waals surface area contributed by atoms with Crippen molar-refractivity contribution in [1.29, 1.82) is 0 Å². The third-order valence-corrected chi connectivity index (χ3v) is 12.0. The first-order valence-corrected chi connectivity index (χ1v) is 20.3. The number of benzene rings is 2. The Balaban J connectivity index is 0.000000198. The number of halogens is 3. The molecule has 0 bridgehead atoms. The van der Waals surface area contributed by atoms with Crippen LogP contribution in [0.4, 0.5) is 20.4 Å². The Hall–Kier alpha value is -5.42. The van der Waals surface area contributed by atoms with Crippen LogP contribution in [0.25, 0.3) is 11.0 Å². The lowest BCUT2D eigenvalue weighted by molar-refractivity contribution is -0.0936. The second kappa shape index (κ2) is 18.5. The van der Waals surface area contributed by atoms with Crippen LogP contribution in [0, 0.1) is 11.8 Å². The number of anilines is 2. The van der Waals surface area contributed by atoms with Crippen LogP contribution in [0.15, 0.2) is 109 Å². The van der Waals surface area contributed by atoms with E-state index < -0.39 is 41.7 Å². The Bertz CT molecular complexity index is 2450. The Morgan fingerprint density at radius 1 is 0.750 bits per heavy atom. The van der Waals surface area contributed by atoms with Crippen LogP contribution in [0.5, 0.6) is 0 Å². The molecule has 2 saturated heterocycles. The molecule has 2 fully saturated rings. The molecule has 3 N–H and O–H groups in total. The molecular weight excluding hydrogens is 838 g/mol. The summed E-state index contributed by atoms with van der Waals surface area (Å²) in [7, 11) is 0. The first kappa shape index (κ1) is 44.1. The van der Waals surface area contributed by atoms with Crippen molar-refractivity contribution in [3.63, 3.8) is 0 Å². The summed E-state index contributed by atoms with van der Waals surface area (Å²) in [5.74, 6) is -0.689. The average molecular weight is 888 g/mol. The van der Waals surface area contributed by atoms with Gasteiger partial charge in [-0.15, -0.1) is 0 Å². The summed E-state index contributed by atoms with van der Waals surface area (Å²) < 4.78 is 45.8. The predicted octanol–water partition coefficient (Wildman–Crippen LogP) is 8.89. The molecule has 0 aliphatic carbocycles. The molecule has 16 heteroatoms. The molecule has 0 radical (unpaired) electrons. The van der Waals surface area contributed by atoms with Gasteiger partial charge in [0.1, 0.15) is 48.2 Å².